The van der Waals surface area contributed by atoms with E-state index in [1.54, 1.807) is 34.8 Å². The number of fused-ring (bicyclic) bond motifs is 2. The third kappa shape index (κ3) is 10.0. The molecule has 6 aromatic rings. The minimum Gasteiger partial charge on any atom is -0.543 e. The van der Waals surface area contributed by atoms with E-state index in [2.05, 4.69) is 67.4 Å². The maximum absolute atomic E-state index is 9.46. The number of thiazole rings is 2. The Balaban J connectivity index is 0.000000200. The first-order valence-corrected chi connectivity index (χ1v) is 20.8. The van der Waals surface area contributed by atoms with Crippen LogP contribution in [0.2, 0.25) is 18.1 Å². The predicted octanol–water partition coefficient (Wildman–Crippen LogP) is 11.2. The average Bonchev–Trinajstić information content (AvgIpc) is 3.68. The summed E-state index contributed by atoms with van der Waals surface area (Å²) in [5, 5.41) is 14.5. The number of hydrogen-bond acceptors (Lipinski definition) is 9. The van der Waals surface area contributed by atoms with Crippen LogP contribution in [0.1, 0.15) is 41.9 Å². The van der Waals surface area contributed by atoms with Gasteiger partial charge in [0, 0.05) is 18.9 Å². The van der Waals surface area contributed by atoms with Gasteiger partial charge in [-0.3, -0.25) is 0 Å². The fraction of sp³-hybridized carbons (Fsp3) is 0.175. The van der Waals surface area contributed by atoms with E-state index in [4.69, 9.17) is 15.1 Å². The van der Waals surface area contributed by atoms with Crippen LogP contribution in [0.3, 0.4) is 0 Å². The number of nitrogens with two attached hydrogens (primary N) is 1. The summed E-state index contributed by atoms with van der Waals surface area (Å²) >= 11 is 3.23. The Labute approximate surface area is 303 Å². The number of rotatable bonds is 9. The lowest BCUT2D eigenvalue weighted by molar-refractivity contribution is 0.476. The normalized spacial score (nSPS) is 12.4. The van der Waals surface area contributed by atoms with Crippen molar-refractivity contribution in [3.8, 4) is 11.5 Å². The standard InChI is InChI=1S/C23H28N2OSSi.C17H15N3OS/c1-23(2,3)28(4,5)26-19-14-15-20-21(16-19)27-22(25-20)9-7-6-8-17-10-12-18(24)13-11-17;1-18-16-9-6-12(11-19-16)4-2-3-5-17-20-14-8-7-13(21)10-15(14)22-17/h6-16H,24H2,1-5H3;2-11,21H,1H3,(H,18,19)/b8-6+,9-7+;4-2+,5-3+/i;1-1. The smallest absolute Gasteiger partial charge is 0.250 e. The van der Waals surface area contributed by atoms with Gasteiger partial charge in [0.05, 0.1) is 20.4 Å². The Kier molecular flexibility index (Phi) is 11.7. The molecule has 50 heavy (non-hydrogen) atoms. The molecule has 0 radical (unpaired) electrons. The van der Waals surface area contributed by atoms with E-state index < -0.39 is 8.32 Å². The van der Waals surface area contributed by atoms with Gasteiger partial charge in [-0.1, -0.05) is 69.4 Å². The largest absolute Gasteiger partial charge is 0.543 e. The van der Waals surface area contributed by atoms with Crippen LogP contribution in [0.15, 0.2) is 103 Å². The zero-order valence-electron chi connectivity index (χ0n) is 29.2. The molecular weight excluding hydrogens is 674 g/mol. The van der Waals surface area contributed by atoms with E-state index >= 15 is 0 Å². The zero-order chi connectivity index (χ0) is 35.7. The van der Waals surface area contributed by atoms with Gasteiger partial charge in [-0.15, -0.1) is 22.7 Å². The van der Waals surface area contributed by atoms with E-state index in [9.17, 15) is 5.11 Å². The minimum atomic E-state index is -1.83. The Morgan fingerprint density at radius 1 is 0.740 bits per heavy atom. The fourth-order valence-electron chi connectivity index (χ4n) is 4.38. The second-order valence-electron chi connectivity index (χ2n) is 13.1. The summed E-state index contributed by atoms with van der Waals surface area (Å²) in [6.45, 7) is 11.3. The van der Waals surface area contributed by atoms with Crippen molar-refractivity contribution in [2.45, 2.75) is 38.9 Å². The number of pyridine rings is 1. The summed E-state index contributed by atoms with van der Waals surface area (Å²) < 4.78 is 8.55. The number of phenols is 1. The molecule has 0 saturated carbocycles. The maximum Gasteiger partial charge on any atom is 0.250 e. The second-order valence-corrected chi connectivity index (χ2v) is 19.9. The van der Waals surface area contributed by atoms with Gasteiger partial charge in [0.1, 0.15) is 27.3 Å². The highest BCUT2D eigenvalue weighted by Gasteiger charge is 2.39. The lowest BCUT2D eigenvalue weighted by atomic mass is 10.2. The van der Waals surface area contributed by atoms with Crippen LogP contribution < -0.4 is 15.5 Å². The first-order chi connectivity index (χ1) is 23.9. The molecule has 0 bridgehead atoms. The summed E-state index contributed by atoms with van der Waals surface area (Å²) in [7, 11) is 0.0108. The monoisotopic (exact) mass is 716 g/mol. The van der Waals surface area contributed by atoms with Gasteiger partial charge < -0.3 is 20.6 Å². The Morgan fingerprint density at radius 3 is 1.88 bits per heavy atom. The molecule has 0 aliphatic carbocycles. The van der Waals surface area contributed by atoms with Crippen molar-refractivity contribution >= 4 is 87.2 Å². The summed E-state index contributed by atoms with van der Waals surface area (Å²) in [4.78, 5) is 13.4. The maximum atomic E-state index is 9.46. The molecule has 0 saturated heterocycles. The number of benzene rings is 3. The third-order valence-corrected chi connectivity index (χ3v) is 14.5. The highest BCUT2D eigenvalue weighted by molar-refractivity contribution is 7.19. The molecule has 0 unspecified atom stereocenters. The number of nitrogens with one attached hydrogen (secondary N) is 1. The van der Waals surface area contributed by atoms with Crippen molar-refractivity contribution in [1.82, 2.24) is 15.0 Å². The molecule has 0 spiro atoms. The van der Waals surface area contributed by atoms with Gasteiger partial charge in [-0.2, -0.15) is 0 Å². The lowest BCUT2D eigenvalue weighted by Crippen LogP contribution is -2.43. The number of allylic oxidation sites excluding steroid dienone is 4. The van der Waals surface area contributed by atoms with Gasteiger partial charge in [-0.05, 0) is 102 Å². The summed E-state index contributed by atoms with van der Waals surface area (Å²) in [6, 6.07) is 23.2. The first kappa shape index (κ1) is 36.3. The van der Waals surface area contributed by atoms with Crippen molar-refractivity contribution in [2.75, 3.05) is 18.1 Å². The second kappa shape index (κ2) is 16.1. The van der Waals surface area contributed by atoms with Crippen LogP contribution in [0, 0.1) is 0 Å². The summed E-state index contributed by atoms with van der Waals surface area (Å²) in [5.41, 5.74) is 10.6. The number of aromatic hydroxyl groups is 1. The van der Waals surface area contributed by atoms with Crippen molar-refractivity contribution in [3.05, 3.63) is 124 Å². The van der Waals surface area contributed by atoms with Crippen LogP contribution in [0.25, 0.3) is 44.7 Å². The van der Waals surface area contributed by atoms with E-state index in [-0.39, 0.29) is 10.8 Å². The molecule has 256 valence electrons. The summed E-state index contributed by atoms with van der Waals surface area (Å²) in [6.07, 6.45) is 17.8. The molecule has 10 heteroatoms. The topological polar surface area (TPSA) is 106 Å². The third-order valence-electron chi connectivity index (χ3n) is 8.20. The van der Waals surface area contributed by atoms with Crippen LogP contribution in [-0.2, 0) is 0 Å². The van der Waals surface area contributed by atoms with Crippen LogP contribution in [0.4, 0.5) is 11.5 Å². The molecule has 0 atom stereocenters. The van der Waals surface area contributed by atoms with Crippen molar-refractivity contribution in [1.29, 1.82) is 0 Å². The fourth-order valence-corrected chi connectivity index (χ4v) is 7.22. The molecule has 4 N–H and O–H groups in total. The molecule has 0 aliphatic rings. The Morgan fingerprint density at radius 2 is 1.30 bits per heavy atom. The van der Waals surface area contributed by atoms with Crippen molar-refractivity contribution < 1.29 is 9.53 Å². The number of hydrogen-bond donors (Lipinski definition) is 3. The van der Waals surface area contributed by atoms with Crippen LogP contribution >= 0.6 is 22.7 Å². The van der Waals surface area contributed by atoms with Gasteiger partial charge in [0.15, 0.2) is 0 Å². The van der Waals surface area contributed by atoms with Gasteiger partial charge in [0.2, 0.25) is 8.32 Å². The Hall–Kier alpha value is -5.03. The van der Waals surface area contributed by atoms with E-state index in [1.807, 2.05) is 104 Å². The molecular formula is C40H43N5O2S2Si. The number of phenolic OH excluding ortho intramolecular Hbond substituents is 1. The molecule has 7 nitrogen and oxygen atoms in total. The molecule has 0 aliphatic heterocycles. The Bertz CT molecular complexity index is 2160. The molecule has 0 fully saturated rings. The van der Waals surface area contributed by atoms with Gasteiger partial charge in [-0.25, -0.2) is 15.0 Å². The van der Waals surface area contributed by atoms with Crippen LogP contribution in [-0.4, -0.2) is 35.4 Å². The molecule has 3 aromatic carbocycles. The number of anilines is 2. The van der Waals surface area contributed by atoms with E-state index in [1.165, 1.54) is 0 Å². The first-order valence-electron chi connectivity index (χ1n) is 16.3. The molecule has 6 rings (SSSR count). The molecule has 3 heterocycles. The van der Waals surface area contributed by atoms with E-state index in [0.29, 0.717) is 0 Å². The molecule has 0 amide bonds. The number of aromatic nitrogens is 3. The highest BCUT2D eigenvalue weighted by Crippen LogP contribution is 2.38. The van der Waals surface area contributed by atoms with E-state index in [0.717, 1.165) is 58.8 Å². The number of nitrogen functional groups attached to an aromatic ring is 1. The number of nitrogens with zero attached hydrogens (tertiary/aromatic N) is 3. The van der Waals surface area contributed by atoms with Gasteiger partial charge >= 0.3 is 0 Å². The average molecular weight is 717 g/mol. The predicted molar refractivity (Wildman–Crippen MR) is 220 cm³/mol. The quantitative estimate of drug-likeness (QED) is 0.0777. The van der Waals surface area contributed by atoms with Crippen molar-refractivity contribution in [3.63, 3.8) is 0 Å². The summed E-state index contributed by atoms with van der Waals surface area (Å²) in [5.74, 6) is 2.07. The van der Waals surface area contributed by atoms with Crippen molar-refractivity contribution in [2.24, 2.45) is 0 Å². The SMILES string of the molecule is CC(C)(C)[Si](C)(C)Oc1ccc2nc(/C=C/C=C/c3ccc(N)cc3)sc2c1.[11CH3]Nc1ccc(/C=C/C=C/c2nc3ccc(O)cc3s2)cn1. The lowest BCUT2D eigenvalue weighted by Gasteiger charge is -2.36. The molecule has 3 aromatic heterocycles. The minimum absolute atomic E-state index is 0.181. The zero-order valence-corrected chi connectivity index (χ0v) is 31.8. The highest BCUT2D eigenvalue weighted by atomic mass is 32.1. The van der Waals surface area contributed by atoms with Gasteiger partial charge in [0.25, 0.3) is 0 Å². The van der Waals surface area contributed by atoms with Crippen LogP contribution in [0.5, 0.6) is 11.5 Å².